The summed E-state index contributed by atoms with van der Waals surface area (Å²) in [6.07, 6.45) is 1.79. The number of thiazole rings is 1. The molecule has 2 rings (SSSR count). The molecule has 0 radical (unpaired) electrons. The first-order chi connectivity index (χ1) is 12.2. The molecule has 26 heavy (non-hydrogen) atoms. The Bertz CT molecular complexity index is 763. The molecule has 7 heteroatoms. The quantitative estimate of drug-likeness (QED) is 0.777. The van der Waals surface area contributed by atoms with E-state index in [1.807, 2.05) is 39.8 Å². The molecule has 1 aromatic heterocycles. The number of carbonyl (C=O) groups excluding carboxylic acids is 2. The number of nitrogens with one attached hydrogen (secondary N) is 1. The van der Waals surface area contributed by atoms with Gasteiger partial charge in [-0.2, -0.15) is 0 Å². The topological polar surface area (TPSA) is 77.5 Å². The minimum Gasteiger partial charge on any atom is -0.465 e. The van der Waals surface area contributed by atoms with Gasteiger partial charge in [-0.1, -0.05) is 12.1 Å². The summed E-state index contributed by atoms with van der Waals surface area (Å²) in [5.74, 6) is -0.652. The lowest BCUT2D eigenvalue weighted by atomic mass is 10.1. The van der Waals surface area contributed by atoms with Crippen LogP contribution in [0.3, 0.4) is 0 Å². The predicted octanol–water partition coefficient (Wildman–Crippen LogP) is 3.59. The van der Waals surface area contributed by atoms with E-state index in [1.54, 1.807) is 18.3 Å². The van der Waals surface area contributed by atoms with E-state index < -0.39 is 5.60 Å². The highest BCUT2D eigenvalue weighted by Gasteiger charge is 2.18. The third-order valence-corrected chi connectivity index (χ3v) is 4.69. The Morgan fingerprint density at radius 1 is 1.23 bits per heavy atom. The molecule has 1 heterocycles. The summed E-state index contributed by atoms with van der Waals surface area (Å²) in [4.78, 5) is 28.7. The molecule has 0 unspecified atom stereocenters. The van der Waals surface area contributed by atoms with E-state index >= 15 is 0 Å². The molecule has 0 bridgehead atoms. The Balaban J connectivity index is 1.98. The van der Waals surface area contributed by atoms with Crippen molar-refractivity contribution in [1.82, 2.24) is 10.3 Å². The van der Waals surface area contributed by atoms with Crippen LogP contribution in [-0.4, -0.2) is 36.2 Å². The van der Waals surface area contributed by atoms with E-state index in [1.165, 1.54) is 18.4 Å². The number of methoxy groups -OCH3 is 1. The molecule has 0 saturated carbocycles. The Hall–Kier alpha value is -2.25. The zero-order valence-corrected chi connectivity index (χ0v) is 16.5. The van der Waals surface area contributed by atoms with Gasteiger partial charge in [0.25, 0.3) is 0 Å². The zero-order valence-electron chi connectivity index (χ0n) is 15.7. The highest BCUT2D eigenvalue weighted by atomic mass is 32.1. The van der Waals surface area contributed by atoms with Gasteiger partial charge < -0.3 is 9.47 Å². The molecular weight excluding hydrogens is 352 g/mol. The molecule has 140 valence electrons. The minimum atomic E-state index is -0.493. The third-order valence-electron chi connectivity index (χ3n) is 3.46. The van der Waals surface area contributed by atoms with Crippen molar-refractivity contribution >= 4 is 23.3 Å². The molecule has 1 N–H and O–H groups in total. The van der Waals surface area contributed by atoms with Gasteiger partial charge in [0.1, 0.15) is 10.6 Å². The minimum absolute atomic E-state index is 0.0735. The average Bonchev–Trinajstić information content (AvgIpc) is 3.08. The molecule has 0 saturated heterocycles. The number of ether oxygens (including phenoxy) is 2. The summed E-state index contributed by atoms with van der Waals surface area (Å²) < 4.78 is 9.98. The van der Waals surface area contributed by atoms with Gasteiger partial charge in [-0.15, -0.1) is 11.3 Å². The van der Waals surface area contributed by atoms with Crippen molar-refractivity contribution in [3.8, 4) is 10.4 Å². The van der Waals surface area contributed by atoms with E-state index in [2.05, 4.69) is 10.3 Å². The summed E-state index contributed by atoms with van der Waals surface area (Å²) in [5.41, 5.74) is 0.987. The van der Waals surface area contributed by atoms with Crippen LogP contribution < -0.4 is 5.32 Å². The van der Waals surface area contributed by atoms with Crippen molar-refractivity contribution in [3.05, 3.63) is 41.0 Å². The monoisotopic (exact) mass is 376 g/mol. The first kappa shape index (κ1) is 20.1. The van der Waals surface area contributed by atoms with Gasteiger partial charge in [0.05, 0.1) is 30.1 Å². The van der Waals surface area contributed by atoms with Gasteiger partial charge >= 0.3 is 11.9 Å². The zero-order chi connectivity index (χ0) is 19.3. The molecule has 0 amide bonds. The first-order valence-corrected chi connectivity index (χ1v) is 9.11. The summed E-state index contributed by atoms with van der Waals surface area (Å²) in [6, 6.07) is 7.11. The van der Waals surface area contributed by atoms with Crippen LogP contribution in [0.4, 0.5) is 0 Å². The van der Waals surface area contributed by atoms with Crippen LogP contribution in [-0.2, 0) is 14.3 Å². The van der Waals surface area contributed by atoms with Crippen LogP contribution in [0.25, 0.3) is 10.4 Å². The van der Waals surface area contributed by atoms with Crippen LogP contribution in [0.1, 0.15) is 49.1 Å². The second kappa shape index (κ2) is 8.42. The van der Waals surface area contributed by atoms with Gasteiger partial charge in [-0.25, -0.2) is 9.78 Å². The van der Waals surface area contributed by atoms with E-state index in [0.29, 0.717) is 5.56 Å². The maximum atomic E-state index is 11.8. The van der Waals surface area contributed by atoms with Gasteiger partial charge in [-0.05, 0) is 45.4 Å². The SMILES string of the molecule is COC(=O)c1ccc(-c2cnc([C@H](C)NCC(=O)OC(C)(C)C)s2)cc1. The summed E-state index contributed by atoms with van der Waals surface area (Å²) in [6.45, 7) is 7.60. The number of benzene rings is 1. The van der Waals surface area contributed by atoms with Crippen molar-refractivity contribution < 1.29 is 19.1 Å². The smallest absolute Gasteiger partial charge is 0.337 e. The lowest BCUT2D eigenvalue weighted by molar-refractivity contribution is -0.153. The molecule has 0 fully saturated rings. The fraction of sp³-hybridized carbons (Fsp3) is 0.421. The second-order valence-electron chi connectivity index (χ2n) is 6.82. The molecule has 1 atom stereocenters. The van der Waals surface area contributed by atoms with Gasteiger partial charge in [0.15, 0.2) is 0 Å². The lowest BCUT2D eigenvalue weighted by Crippen LogP contribution is -2.32. The standard InChI is InChI=1S/C19H24N2O4S/c1-12(20-11-16(22)25-19(2,3)4)17-21-10-15(26-17)13-6-8-14(9-7-13)18(23)24-5/h6-10,12,20H,11H2,1-5H3/t12-/m0/s1. The second-order valence-corrected chi connectivity index (χ2v) is 7.88. The summed E-state index contributed by atoms with van der Waals surface area (Å²) >= 11 is 1.54. The van der Waals surface area contributed by atoms with Crippen LogP contribution in [0.2, 0.25) is 0 Å². The van der Waals surface area contributed by atoms with E-state index in [4.69, 9.17) is 9.47 Å². The summed E-state index contributed by atoms with van der Waals surface area (Å²) in [7, 11) is 1.36. The fourth-order valence-electron chi connectivity index (χ4n) is 2.21. The fourth-order valence-corrected chi connectivity index (χ4v) is 3.16. The van der Waals surface area contributed by atoms with Crippen molar-refractivity contribution in [3.63, 3.8) is 0 Å². The molecule has 2 aromatic rings. The number of nitrogens with zero attached hydrogens (tertiary/aromatic N) is 1. The van der Waals surface area contributed by atoms with Crippen molar-refractivity contribution in [2.24, 2.45) is 0 Å². The Kier molecular flexibility index (Phi) is 6.50. The van der Waals surface area contributed by atoms with E-state index in [0.717, 1.165) is 15.4 Å². The first-order valence-electron chi connectivity index (χ1n) is 8.29. The Morgan fingerprint density at radius 2 is 1.88 bits per heavy atom. The number of carbonyl (C=O) groups is 2. The van der Waals surface area contributed by atoms with E-state index in [-0.39, 0.29) is 24.5 Å². The highest BCUT2D eigenvalue weighted by Crippen LogP contribution is 2.29. The lowest BCUT2D eigenvalue weighted by Gasteiger charge is -2.20. The normalized spacial score (nSPS) is 12.5. The van der Waals surface area contributed by atoms with Gasteiger partial charge in [0, 0.05) is 6.20 Å². The molecule has 0 aliphatic rings. The average molecular weight is 376 g/mol. The molecule has 0 aliphatic heterocycles. The molecule has 6 nitrogen and oxygen atoms in total. The predicted molar refractivity (Wildman–Crippen MR) is 101 cm³/mol. The van der Waals surface area contributed by atoms with Gasteiger partial charge in [0.2, 0.25) is 0 Å². The number of rotatable bonds is 6. The van der Waals surface area contributed by atoms with Crippen LogP contribution in [0.15, 0.2) is 30.5 Å². The number of aromatic nitrogens is 1. The van der Waals surface area contributed by atoms with Crippen LogP contribution in [0.5, 0.6) is 0 Å². The molecular formula is C19H24N2O4S. The molecule has 0 spiro atoms. The van der Waals surface area contributed by atoms with Crippen molar-refractivity contribution in [2.45, 2.75) is 39.3 Å². The third kappa shape index (κ3) is 5.64. The number of hydrogen-bond donors (Lipinski definition) is 1. The Morgan fingerprint density at radius 3 is 2.46 bits per heavy atom. The van der Waals surface area contributed by atoms with Crippen LogP contribution in [0, 0.1) is 0 Å². The largest absolute Gasteiger partial charge is 0.465 e. The van der Waals surface area contributed by atoms with Crippen molar-refractivity contribution in [2.75, 3.05) is 13.7 Å². The highest BCUT2D eigenvalue weighted by molar-refractivity contribution is 7.15. The van der Waals surface area contributed by atoms with Crippen molar-refractivity contribution in [1.29, 1.82) is 0 Å². The number of esters is 2. The molecule has 1 aromatic carbocycles. The summed E-state index contributed by atoms with van der Waals surface area (Å²) in [5, 5.41) is 4.01. The van der Waals surface area contributed by atoms with E-state index in [9.17, 15) is 9.59 Å². The van der Waals surface area contributed by atoms with Gasteiger partial charge in [-0.3, -0.25) is 10.1 Å². The maximum Gasteiger partial charge on any atom is 0.337 e. The molecule has 0 aliphatic carbocycles. The Labute approximate surface area is 157 Å². The maximum absolute atomic E-state index is 11.8. The number of hydrogen-bond acceptors (Lipinski definition) is 7. The van der Waals surface area contributed by atoms with Crippen LogP contribution >= 0.6 is 11.3 Å².